The maximum atomic E-state index is 11.3. The van der Waals surface area contributed by atoms with Crippen molar-refractivity contribution in [3.63, 3.8) is 0 Å². The summed E-state index contributed by atoms with van der Waals surface area (Å²) < 4.78 is 4.77. The average Bonchev–Trinajstić information content (AvgIpc) is 2.55. The summed E-state index contributed by atoms with van der Waals surface area (Å²) in [6.07, 6.45) is 0.389. The minimum atomic E-state index is -0.457. The minimum absolute atomic E-state index is 0.165. The number of nitrogens with one attached hydrogen (secondary N) is 1. The van der Waals surface area contributed by atoms with Crippen LogP contribution in [0.4, 0.5) is 0 Å². The lowest BCUT2D eigenvalue weighted by atomic mass is 10.2. The number of amides is 2. The second-order valence-electron chi connectivity index (χ2n) is 3.67. The molecule has 1 unspecified atom stereocenters. The topological polar surface area (TPSA) is 75.7 Å². The van der Waals surface area contributed by atoms with E-state index in [1.54, 1.807) is 18.9 Å². The van der Waals surface area contributed by atoms with Crippen LogP contribution in [-0.2, 0) is 19.1 Å². The van der Waals surface area contributed by atoms with E-state index >= 15 is 0 Å². The lowest BCUT2D eigenvalue weighted by Crippen LogP contribution is -2.39. The fourth-order valence-electron chi connectivity index (χ4n) is 1.55. The van der Waals surface area contributed by atoms with Gasteiger partial charge in [-0.05, 0) is 14.0 Å². The summed E-state index contributed by atoms with van der Waals surface area (Å²) in [5, 5.41) is 2.22. The van der Waals surface area contributed by atoms with Crippen LogP contribution in [0.25, 0.3) is 0 Å². The molecule has 1 heterocycles. The van der Waals surface area contributed by atoms with Crippen molar-refractivity contribution in [1.82, 2.24) is 10.2 Å². The molecule has 0 aromatic heterocycles. The highest BCUT2D eigenvalue weighted by molar-refractivity contribution is 6.05. The number of hydrogen-bond donors (Lipinski definition) is 1. The van der Waals surface area contributed by atoms with Gasteiger partial charge in [0.25, 0.3) is 0 Å². The molecule has 0 radical (unpaired) electrons. The van der Waals surface area contributed by atoms with Gasteiger partial charge < -0.3 is 4.74 Å². The predicted octanol–water partition coefficient (Wildman–Crippen LogP) is -0.713. The van der Waals surface area contributed by atoms with E-state index in [1.807, 2.05) is 0 Å². The highest BCUT2D eigenvalue weighted by Crippen LogP contribution is 2.09. The van der Waals surface area contributed by atoms with Crippen molar-refractivity contribution in [3.05, 3.63) is 0 Å². The predicted molar refractivity (Wildman–Crippen MR) is 55.4 cm³/mol. The molecule has 1 rings (SSSR count). The van der Waals surface area contributed by atoms with Gasteiger partial charge in [0.1, 0.15) is 0 Å². The van der Waals surface area contributed by atoms with Gasteiger partial charge in [-0.1, -0.05) is 0 Å². The molecule has 6 nitrogen and oxygen atoms in total. The summed E-state index contributed by atoms with van der Waals surface area (Å²) in [5.74, 6) is -0.853. The second kappa shape index (κ2) is 5.60. The molecule has 16 heavy (non-hydrogen) atoms. The van der Waals surface area contributed by atoms with Crippen molar-refractivity contribution in [2.45, 2.75) is 25.8 Å². The van der Waals surface area contributed by atoms with E-state index in [0.29, 0.717) is 13.2 Å². The molecule has 1 aliphatic heterocycles. The fourth-order valence-corrected chi connectivity index (χ4v) is 1.55. The van der Waals surface area contributed by atoms with Gasteiger partial charge >= 0.3 is 5.97 Å². The molecule has 0 aromatic rings. The quantitative estimate of drug-likeness (QED) is 0.497. The van der Waals surface area contributed by atoms with Crippen molar-refractivity contribution in [2.75, 3.05) is 20.2 Å². The summed E-state index contributed by atoms with van der Waals surface area (Å²) >= 11 is 0. The van der Waals surface area contributed by atoms with Crippen LogP contribution in [0.3, 0.4) is 0 Å². The minimum Gasteiger partial charge on any atom is -0.466 e. The van der Waals surface area contributed by atoms with Crippen LogP contribution in [0.5, 0.6) is 0 Å². The zero-order valence-electron chi connectivity index (χ0n) is 9.49. The van der Waals surface area contributed by atoms with Gasteiger partial charge in [0.05, 0.1) is 25.5 Å². The number of likely N-dealkylation sites (N-methyl/N-ethyl adjacent to an activating group) is 1. The number of rotatable bonds is 5. The molecule has 1 fully saturated rings. The number of nitrogens with zero attached hydrogens (tertiary/aromatic N) is 1. The largest absolute Gasteiger partial charge is 0.466 e. The molecule has 1 N–H and O–H groups in total. The fraction of sp³-hybridized carbons (Fsp3) is 0.700. The number of hydrogen-bond acceptors (Lipinski definition) is 5. The lowest BCUT2D eigenvalue weighted by Gasteiger charge is -2.20. The van der Waals surface area contributed by atoms with Gasteiger partial charge in [0, 0.05) is 6.54 Å². The Hall–Kier alpha value is -1.43. The first kappa shape index (κ1) is 12.6. The Bertz CT molecular complexity index is 303. The smallest absolute Gasteiger partial charge is 0.307 e. The normalized spacial score (nSPS) is 20.1. The summed E-state index contributed by atoms with van der Waals surface area (Å²) in [6, 6.07) is -0.457. The third-order valence-electron chi connectivity index (χ3n) is 2.45. The van der Waals surface area contributed by atoms with Crippen molar-refractivity contribution in [3.8, 4) is 0 Å². The summed E-state index contributed by atoms with van der Waals surface area (Å²) in [4.78, 5) is 35.0. The molecular weight excluding hydrogens is 212 g/mol. The molecule has 0 saturated carbocycles. The lowest BCUT2D eigenvalue weighted by molar-refractivity contribution is -0.143. The molecule has 90 valence electrons. The highest BCUT2D eigenvalue weighted by atomic mass is 16.5. The van der Waals surface area contributed by atoms with E-state index in [1.165, 1.54) is 0 Å². The first-order chi connectivity index (χ1) is 7.54. The van der Waals surface area contributed by atoms with Gasteiger partial charge in [-0.25, -0.2) is 0 Å². The Kier molecular flexibility index (Phi) is 4.42. The summed E-state index contributed by atoms with van der Waals surface area (Å²) in [7, 11) is 1.71. The number of esters is 1. The van der Waals surface area contributed by atoms with Gasteiger partial charge in [-0.2, -0.15) is 0 Å². The van der Waals surface area contributed by atoms with Crippen molar-refractivity contribution in [1.29, 1.82) is 0 Å². The van der Waals surface area contributed by atoms with Crippen LogP contribution >= 0.6 is 0 Å². The summed E-state index contributed by atoms with van der Waals surface area (Å²) in [5.41, 5.74) is 0. The van der Waals surface area contributed by atoms with Gasteiger partial charge in [-0.3, -0.25) is 24.6 Å². The van der Waals surface area contributed by atoms with E-state index in [2.05, 4.69) is 5.32 Å². The highest BCUT2D eigenvalue weighted by Gasteiger charge is 2.33. The molecule has 0 aromatic carbocycles. The Labute approximate surface area is 93.9 Å². The average molecular weight is 228 g/mol. The third-order valence-corrected chi connectivity index (χ3v) is 2.45. The third kappa shape index (κ3) is 3.30. The van der Waals surface area contributed by atoms with Gasteiger partial charge in [-0.15, -0.1) is 0 Å². The molecule has 1 atom stereocenters. The zero-order valence-corrected chi connectivity index (χ0v) is 9.49. The van der Waals surface area contributed by atoms with E-state index < -0.39 is 6.04 Å². The van der Waals surface area contributed by atoms with Crippen molar-refractivity contribution in [2.24, 2.45) is 0 Å². The zero-order chi connectivity index (χ0) is 12.1. The SMILES string of the molecule is CCOC(=O)CCN(C)C1CC(=O)NC1=O. The molecule has 1 saturated heterocycles. The van der Waals surface area contributed by atoms with Crippen LogP contribution < -0.4 is 5.32 Å². The molecule has 0 spiro atoms. The standard InChI is InChI=1S/C10H16N2O4/c1-3-16-9(14)4-5-12(2)7-6-8(13)11-10(7)15/h7H,3-6H2,1-2H3,(H,11,13,15). The van der Waals surface area contributed by atoms with E-state index in [9.17, 15) is 14.4 Å². The van der Waals surface area contributed by atoms with E-state index in [0.717, 1.165) is 0 Å². The van der Waals surface area contributed by atoms with Gasteiger partial charge in [0.2, 0.25) is 11.8 Å². The maximum absolute atomic E-state index is 11.3. The molecule has 6 heteroatoms. The van der Waals surface area contributed by atoms with Crippen LogP contribution in [0.1, 0.15) is 19.8 Å². The second-order valence-corrected chi connectivity index (χ2v) is 3.67. The van der Waals surface area contributed by atoms with Crippen LogP contribution in [0, 0.1) is 0 Å². The number of imide groups is 1. The van der Waals surface area contributed by atoms with E-state index in [-0.39, 0.29) is 30.6 Å². The van der Waals surface area contributed by atoms with E-state index in [4.69, 9.17) is 4.74 Å². The Balaban J connectivity index is 2.35. The van der Waals surface area contributed by atoms with Crippen LogP contribution in [-0.4, -0.2) is 48.9 Å². The first-order valence-electron chi connectivity index (χ1n) is 5.24. The monoisotopic (exact) mass is 228 g/mol. The van der Waals surface area contributed by atoms with Crippen molar-refractivity contribution < 1.29 is 19.1 Å². The Morgan fingerprint density at radius 2 is 2.25 bits per heavy atom. The maximum Gasteiger partial charge on any atom is 0.307 e. The first-order valence-corrected chi connectivity index (χ1v) is 5.24. The Morgan fingerprint density at radius 1 is 1.56 bits per heavy atom. The molecule has 0 aliphatic carbocycles. The number of carbonyl (C=O) groups excluding carboxylic acids is 3. The number of ether oxygens (including phenoxy) is 1. The van der Waals surface area contributed by atoms with Crippen LogP contribution in [0.15, 0.2) is 0 Å². The van der Waals surface area contributed by atoms with Crippen LogP contribution in [0.2, 0.25) is 0 Å². The van der Waals surface area contributed by atoms with Gasteiger partial charge in [0.15, 0.2) is 0 Å². The molecule has 0 bridgehead atoms. The number of carbonyl (C=O) groups is 3. The Morgan fingerprint density at radius 3 is 2.75 bits per heavy atom. The molecule has 2 amide bonds. The van der Waals surface area contributed by atoms with Crippen molar-refractivity contribution >= 4 is 17.8 Å². The molecular formula is C10H16N2O4. The summed E-state index contributed by atoms with van der Waals surface area (Å²) in [6.45, 7) is 2.50. The molecule has 1 aliphatic rings.